The molecule has 118 valence electrons. The predicted octanol–water partition coefficient (Wildman–Crippen LogP) is 2.68. The monoisotopic (exact) mass is 312 g/mol. The van der Waals surface area contributed by atoms with Crippen LogP contribution in [0.1, 0.15) is 50.9 Å². The highest BCUT2D eigenvalue weighted by Gasteiger charge is 2.32. The molecule has 2 rings (SSSR count). The zero-order valence-electron chi connectivity index (χ0n) is 13.1. The minimum atomic E-state index is -0.757. The molecular formula is C15H24N2O3S. The van der Waals surface area contributed by atoms with Gasteiger partial charge < -0.3 is 9.84 Å². The molecule has 0 radical (unpaired) electrons. The van der Waals surface area contributed by atoms with Gasteiger partial charge >= 0.3 is 5.97 Å². The lowest BCUT2D eigenvalue weighted by Gasteiger charge is -2.35. The summed E-state index contributed by atoms with van der Waals surface area (Å²) in [5.74, 6) is -0.757. The Hall–Kier alpha value is -0.980. The van der Waals surface area contributed by atoms with Gasteiger partial charge in [0.15, 0.2) is 0 Å². The molecule has 0 aromatic carbocycles. The van der Waals surface area contributed by atoms with Gasteiger partial charge in [-0.05, 0) is 6.42 Å². The third kappa shape index (κ3) is 3.81. The normalized spacial score (nSPS) is 22.2. The number of morpholine rings is 1. The van der Waals surface area contributed by atoms with Gasteiger partial charge in [0, 0.05) is 23.9 Å². The van der Waals surface area contributed by atoms with Crippen molar-refractivity contribution in [3.8, 4) is 0 Å². The van der Waals surface area contributed by atoms with Gasteiger partial charge in [-0.1, -0.05) is 27.7 Å². The summed E-state index contributed by atoms with van der Waals surface area (Å²) in [5, 5.41) is 12.3. The maximum Gasteiger partial charge on any atom is 0.320 e. The zero-order chi connectivity index (χ0) is 15.6. The number of thiazole rings is 1. The Bertz CT molecular complexity index is 495. The lowest BCUT2D eigenvalue weighted by atomic mass is 9.93. The summed E-state index contributed by atoms with van der Waals surface area (Å²) in [6, 6.07) is -0.432. The Morgan fingerprint density at radius 2 is 2.33 bits per heavy atom. The molecule has 1 N–H and O–H groups in total. The number of carboxylic acids is 1. The molecule has 0 amide bonds. The van der Waals surface area contributed by atoms with Crippen LogP contribution in [-0.4, -0.2) is 46.7 Å². The van der Waals surface area contributed by atoms with E-state index in [9.17, 15) is 9.90 Å². The number of aromatic nitrogens is 1. The number of ether oxygens (including phenoxy) is 1. The Labute approximate surface area is 129 Å². The number of carboxylic acid groups (broad SMARTS) is 1. The highest BCUT2D eigenvalue weighted by molar-refractivity contribution is 7.09. The molecule has 2 unspecified atom stereocenters. The lowest BCUT2D eigenvalue weighted by molar-refractivity contribution is -0.147. The van der Waals surface area contributed by atoms with Gasteiger partial charge in [0.05, 0.1) is 12.3 Å². The highest BCUT2D eigenvalue weighted by atomic mass is 32.1. The third-order valence-electron chi connectivity index (χ3n) is 3.78. The van der Waals surface area contributed by atoms with E-state index in [0.717, 1.165) is 10.7 Å². The van der Waals surface area contributed by atoms with Gasteiger partial charge in [-0.25, -0.2) is 4.98 Å². The van der Waals surface area contributed by atoms with Crippen molar-refractivity contribution in [1.82, 2.24) is 9.88 Å². The van der Waals surface area contributed by atoms with Gasteiger partial charge in [0.2, 0.25) is 0 Å². The van der Waals surface area contributed by atoms with E-state index in [1.54, 1.807) is 11.3 Å². The molecule has 2 heterocycles. The first-order valence-electron chi connectivity index (χ1n) is 7.37. The lowest BCUT2D eigenvalue weighted by Crippen LogP contribution is -2.48. The molecule has 1 saturated heterocycles. The van der Waals surface area contributed by atoms with Crippen LogP contribution >= 0.6 is 11.3 Å². The largest absolute Gasteiger partial charge is 0.480 e. The van der Waals surface area contributed by atoms with Gasteiger partial charge in [-0.2, -0.15) is 0 Å². The minimum Gasteiger partial charge on any atom is -0.480 e. The molecule has 21 heavy (non-hydrogen) atoms. The van der Waals surface area contributed by atoms with E-state index in [1.807, 2.05) is 11.8 Å². The molecule has 1 fully saturated rings. The summed E-state index contributed by atoms with van der Waals surface area (Å²) in [5.41, 5.74) is 1.09. The molecule has 0 bridgehead atoms. The Balaban J connectivity index is 2.10. The standard InChI is InChI=1S/C15H24N2O3S/c1-5-10(14(18)19)17-6-7-20-11(8-17)13-16-12(9-21-13)15(2,3)4/h9-11H,5-8H2,1-4H3,(H,18,19). The molecule has 0 aliphatic carbocycles. The van der Waals surface area contributed by atoms with Crippen LogP contribution in [0.5, 0.6) is 0 Å². The van der Waals surface area contributed by atoms with Crippen LogP contribution in [0.25, 0.3) is 0 Å². The van der Waals surface area contributed by atoms with E-state index >= 15 is 0 Å². The van der Waals surface area contributed by atoms with Crippen molar-refractivity contribution >= 4 is 17.3 Å². The van der Waals surface area contributed by atoms with Gasteiger partial charge in [0.1, 0.15) is 17.2 Å². The number of aliphatic carboxylic acids is 1. The minimum absolute atomic E-state index is 0.0239. The van der Waals surface area contributed by atoms with Crippen LogP contribution in [0.15, 0.2) is 5.38 Å². The highest BCUT2D eigenvalue weighted by Crippen LogP contribution is 2.30. The van der Waals surface area contributed by atoms with Gasteiger partial charge in [-0.15, -0.1) is 11.3 Å². The fraction of sp³-hybridized carbons (Fsp3) is 0.733. The summed E-state index contributed by atoms with van der Waals surface area (Å²) in [7, 11) is 0. The first kappa shape index (κ1) is 16.4. The van der Waals surface area contributed by atoms with E-state index in [-0.39, 0.29) is 11.5 Å². The van der Waals surface area contributed by atoms with E-state index in [0.29, 0.717) is 26.1 Å². The number of nitrogens with zero attached hydrogens (tertiary/aromatic N) is 2. The Morgan fingerprint density at radius 1 is 1.62 bits per heavy atom. The van der Waals surface area contributed by atoms with E-state index < -0.39 is 12.0 Å². The zero-order valence-corrected chi connectivity index (χ0v) is 13.9. The summed E-state index contributed by atoms with van der Waals surface area (Å²) in [6.45, 7) is 10.1. The predicted molar refractivity (Wildman–Crippen MR) is 82.8 cm³/mol. The summed E-state index contributed by atoms with van der Waals surface area (Å²) >= 11 is 1.60. The smallest absolute Gasteiger partial charge is 0.320 e. The second-order valence-corrected chi connectivity index (χ2v) is 7.33. The van der Waals surface area contributed by atoms with Crippen LogP contribution < -0.4 is 0 Å². The van der Waals surface area contributed by atoms with Gasteiger partial charge in [0.25, 0.3) is 0 Å². The molecule has 1 aliphatic heterocycles. The molecule has 2 atom stereocenters. The molecule has 1 aliphatic rings. The summed E-state index contributed by atoms with van der Waals surface area (Å²) < 4.78 is 5.81. The van der Waals surface area contributed by atoms with Crippen LogP contribution in [0, 0.1) is 0 Å². The number of hydrogen-bond acceptors (Lipinski definition) is 5. The second kappa shape index (κ2) is 6.42. The van der Waals surface area contributed by atoms with E-state index in [1.165, 1.54) is 0 Å². The Morgan fingerprint density at radius 3 is 2.86 bits per heavy atom. The van der Waals surface area contributed by atoms with Crippen LogP contribution in [0.4, 0.5) is 0 Å². The average molecular weight is 312 g/mol. The van der Waals surface area contributed by atoms with Gasteiger partial charge in [-0.3, -0.25) is 9.69 Å². The van der Waals surface area contributed by atoms with E-state index in [2.05, 4.69) is 31.1 Å². The van der Waals surface area contributed by atoms with E-state index in [4.69, 9.17) is 4.74 Å². The van der Waals surface area contributed by atoms with Crippen molar-refractivity contribution in [3.63, 3.8) is 0 Å². The number of carbonyl (C=O) groups is 1. The third-order valence-corrected chi connectivity index (χ3v) is 4.71. The molecule has 1 aromatic heterocycles. The fourth-order valence-electron chi connectivity index (χ4n) is 2.47. The van der Waals surface area contributed by atoms with Crippen LogP contribution in [0.3, 0.4) is 0 Å². The molecule has 5 nitrogen and oxygen atoms in total. The van der Waals surface area contributed by atoms with Crippen molar-refractivity contribution in [2.24, 2.45) is 0 Å². The first-order valence-corrected chi connectivity index (χ1v) is 8.25. The summed E-state index contributed by atoms with van der Waals surface area (Å²) in [4.78, 5) is 18.0. The first-order chi connectivity index (χ1) is 9.82. The van der Waals surface area contributed by atoms with Crippen molar-refractivity contribution in [3.05, 3.63) is 16.1 Å². The van der Waals surface area contributed by atoms with Crippen LogP contribution in [-0.2, 0) is 14.9 Å². The molecular weight excluding hydrogens is 288 g/mol. The molecule has 1 aromatic rings. The van der Waals surface area contributed by atoms with Crippen molar-refractivity contribution in [1.29, 1.82) is 0 Å². The van der Waals surface area contributed by atoms with Crippen molar-refractivity contribution in [2.45, 2.75) is 51.7 Å². The quantitative estimate of drug-likeness (QED) is 0.926. The fourth-order valence-corrected chi connectivity index (χ4v) is 3.55. The van der Waals surface area contributed by atoms with Crippen molar-refractivity contribution in [2.75, 3.05) is 19.7 Å². The molecule has 6 heteroatoms. The average Bonchev–Trinajstić information content (AvgIpc) is 2.89. The SMILES string of the molecule is CCC(C(=O)O)N1CCOC(c2nc(C(C)(C)C)cs2)C1. The number of rotatable bonds is 4. The maximum atomic E-state index is 11.3. The Kier molecular flexibility index (Phi) is 5.01. The number of hydrogen-bond donors (Lipinski definition) is 1. The molecule has 0 saturated carbocycles. The second-order valence-electron chi connectivity index (χ2n) is 6.44. The molecule has 0 spiro atoms. The van der Waals surface area contributed by atoms with Crippen molar-refractivity contribution < 1.29 is 14.6 Å². The summed E-state index contributed by atoms with van der Waals surface area (Å²) in [6.07, 6.45) is 0.487. The maximum absolute atomic E-state index is 11.3. The topological polar surface area (TPSA) is 62.7 Å². The van der Waals surface area contributed by atoms with Crippen LogP contribution in [0.2, 0.25) is 0 Å².